The van der Waals surface area contributed by atoms with Crippen molar-refractivity contribution >= 4 is 9.84 Å². The molecular formula is C12H26N2O3S. The first-order chi connectivity index (χ1) is 8.45. The Labute approximate surface area is 111 Å². The van der Waals surface area contributed by atoms with Crippen LogP contribution in [-0.2, 0) is 14.6 Å². The molecule has 0 aromatic rings. The Balaban J connectivity index is 2.24. The molecule has 6 heteroatoms. The fraction of sp³-hybridized carbons (Fsp3) is 1.00. The van der Waals surface area contributed by atoms with E-state index in [1.165, 1.54) is 0 Å². The van der Waals surface area contributed by atoms with Gasteiger partial charge in [0.15, 0.2) is 9.84 Å². The molecule has 0 atom stereocenters. The van der Waals surface area contributed by atoms with Gasteiger partial charge in [-0.05, 0) is 26.7 Å². The maximum absolute atomic E-state index is 11.7. The Morgan fingerprint density at radius 1 is 1.33 bits per heavy atom. The summed E-state index contributed by atoms with van der Waals surface area (Å²) in [5.41, 5.74) is 5.39. The number of rotatable bonds is 7. The van der Waals surface area contributed by atoms with Crippen molar-refractivity contribution in [3.8, 4) is 0 Å². The monoisotopic (exact) mass is 278 g/mol. The Bertz CT molecular complexity index is 322. The number of nitrogens with two attached hydrogens (primary N) is 1. The van der Waals surface area contributed by atoms with Crippen LogP contribution in [0.25, 0.3) is 0 Å². The smallest absolute Gasteiger partial charge is 0.153 e. The van der Waals surface area contributed by atoms with E-state index in [1.807, 2.05) is 0 Å². The summed E-state index contributed by atoms with van der Waals surface area (Å²) in [5, 5.41) is -0.275. The largest absolute Gasteiger partial charge is 0.377 e. The molecule has 0 aromatic carbocycles. The third-order valence-corrected chi connectivity index (χ3v) is 5.60. The third kappa shape index (κ3) is 5.22. The van der Waals surface area contributed by atoms with Gasteiger partial charge in [0.1, 0.15) is 0 Å². The lowest BCUT2D eigenvalue weighted by molar-refractivity contribution is 0.0128. The van der Waals surface area contributed by atoms with Crippen molar-refractivity contribution in [2.75, 3.05) is 38.5 Å². The van der Waals surface area contributed by atoms with Crippen LogP contribution >= 0.6 is 0 Å². The average Bonchev–Trinajstić information content (AvgIpc) is 2.35. The summed E-state index contributed by atoms with van der Waals surface area (Å²) < 4.78 is 29.0. The minimum absolute atomic E-state index is 0.263. The fourth-order valence-electron chi connectivity index (χ4n) is 2.03. The van der Waals surface area contributed by atoms with Crippen LogP contribution in [0.2, 0.25) is 0 Å². The highest BCUT2D eigenvalue weighted by Crippen LogP contribution is 2.13. The van der Waals surface area contributed by atoms with Crippen molar-refractivity contribution in [2.24, 2.45) is 5.73 Å². The zero-order valence-electron chi connectivity index (χ0n) is 11.5. The predicted octanol–water partition coefficient (Wildman–Crippen LogP) is 0.249. The van der Waals surface area contributed by atoms with Crippen molar-refractivity contribution in [1.29, 1.82) is 0 Å². The highest BCUT2D eigenvalue weighted by Gasteiger charge is 2.22. The highest BCUT2D eigenvalue weighted by molar-refractivity contribution is 7.92. The standard InChI is InChI=1S/C12H26N2O3S/c1-11(2)18(15,16)10-8-14-6-3-12(4-7-14)17-9-5-13/h11-12H,3-10,13H2,1-2H3. The first kappa shape index (κ1) is 15.9. The summed E-state index contributed by atoms with van der Waals surface area (Å²) in [6.45, 7) is 7.14. The predicted molar refractivity (Wildman–Crippen MR) is 73.4 cm³/mol. The maximum Gasteiger partial charge on any atom is 0.153 e. The molecule has 0 saturated carbocycles. The fourth-order valence-corrected chi connectivity index (χ4v) is 3.01. The average molecular weight is 278 g/mol. The Morgan fingerprint density at radius 3 is 2.44 bits per heavy atom. The van der Waals surface area contributed by atoms with Crippen molar-refractivity contribution in [3.05, 3.63) is 0 Å². The molecule has 1 saturated heterocycles. The summed E-state index contributed by atoms with van der Waals surface area (Å²) in [4.78, 5) is 2.21. The van der Waals surface area contributed by atoms with E-state index in [4.69, 9.17) is 10.5 Å². The number of piperidine rings is 1. The van der Waals surface area contributed by atoms with Crippen LogP contribution < -0.4 is 5.73 Å². The molecule has 0 amide bonds. The topological polar surface area (TPSA) is 72.6 Å². The molecule has 2 N–H and O–H groups in total. The van der Waals surface area contributed by atoms with E-state index >= 15 is 0 Å². The molecule has 1 aliphatic heterocycles. The van der Waals surface area contributed by atoms with Gasteiger partial charge in [-0.25, -0.2) is 8.42 Å². The van der Waals surface area contributed by atoms with Crippen LogP contribution in [-0.4, -0.2) is 63.2 Å². The molecule has 0 aliphatic carbocycles. The van der Waals surface area contributed by atoms with Crippen molar-refractivity contribution in [1.82, 2.24) is 4.90 Å². The van der Waals surface area contributed by atoms with E-state index in [2.05, 4.69) is 4.90 Å². The van der Waals surface area contributed by atoms with Gasteiger partial charge < -0.3 is 15.4 Å². The Hall–Kier alpha value is -0.170. The van der Waals surface area contributed by atoms with Crippen LogP contribution in [0.4, 0.5) is 0 Å². The number of hydrogen-bond acceptors (Lipinski definition) is 5. The molecule has 0 aromatic heterocycles. The number of sulfone groups is 1. The van der Waals surface area contributed by atoms with E-state index in [0.717, 1.165) is 25.9 Å². The molecule has 1 rings (SSSR count). The second-order valence-electron chi connectivity index (χ2n) is 5.12. The Morgan fingerprint density at radius 2 is 1.94 bits per heavy atom. The van der Waals surface area contributed by atoms with E-state index in [0.29, 0.717) is 25.8 Å². The highest BCUT2D eigenvalue weighted by atomic mass is 32.2. The lowest BCUT2D eigenvalue weighted by Gasteiger charge is -2.31. The molecule has 0 unspecified atom stereocenters. The summed E-state index contributed by atoms with van der Waals surface area (Å²) in [5.74, 6) is 0.263. The molecular weight excluding hydrogens is 252 g/mol. The molecule has 1 heterocycles. The molecule has 1 fully saturated rings. The SMILES string of the molecule is CC(C)S(=O)(=O)CCN1CCC(OCCN)CC1. The first-order valence-corrected chi connectivity index (χ1v) is 8.43. The normalized spacial score (nSPS) is 19.6. The van der Waals surface area contributed by atoms with Crippen LogP contribution in [0.5, 0.6) is 0 Å². The third-order valence-electron chi connectivity index (χ3n) is 3.42. The molecule has 1 aliphatic rings. The number of likely N-dealkylation sites (tertiary alicyclic amines) is 1. The quantitative estimate of drug-likeness (QED) is 0.722. The zero-order valence-corrected chi connectivity index (χ0v) is 12.3. The van der Waals surface area contributed by atoms with Gasteiger partial charge in [-0.3, -0.25) is 0 Å². The molecule has 108 valence electrons. The van der Waals surface area contributed by atoms with Gasteiger partial charge in [0.2, 0.25) is 0 Å². The van der Waals surface area contributed by atoms with Crippen LogP contribution in [0.1, 0.15) is 26.7 Å². The van der Waals surface area contributed by atoms with Gasteiger partial charge in [0, 0.05) is 26.2 Å². The summed E-state index contributed by atoms with van der Waals surface area (Å²) in [7, 11) is -2.91. The van der Waals surface area contributed by atoms with E-state index < -0.39 is 9.84 Å². The van der Waals surface area contributed by atoms with Gasteiger partial charge in [-0.1, -0.05) is 0 Å². The van der Waals surface area contributed by atoms with Crippen molar-refractivity contribution in [2.45, 2.75) is 38.0 Å². The number of nitrogens with zero attached hydrogens (tertiary/aromatic N) is 1. The zero-order chi connectivity index (χ0) is 13.6. The number of hydrogen-bond donors (Lipinski definition) is 1. The Kier molecular flexibility index (Phi) is 6.55. The summed E-state index contributed by atoms with van der Waals surface area (Å²) >= 11 is 0. The molecule has 5 nitrogen and oxygen atoms in total. The van der Waals surface area contributed by atoms with E-state index in [1.54, 1.807) is 13.8 Å². The van der Waals surface area contributed by atoms with Gasteiger partial charge in [-0.15, -0.1) is 0 Å². The summed E-state index contributed by atoms with van der Waals surface area (Å²) in [6, 6.07) is 0. The molecule has 0 bridgehead atoms. The lowest BCUT2D eigenvalue weighted by atomic mass is 10.1. The van der Waals surface area contributed by atoms with Crippen LogP contribution in [0, 0.1) is 0 Å². The maximum atomic E-state index is 11.7. The minimum Gasteiger partial charge on any atom is -0.377 e. The van der Waals surface area contributed by atoms with Crippen LogP contribution in [0.15, 0.2) is 0 Å². The van der Waals surface area contributed by atoms with Crippen LogP contribution in [0.3, 0.4) is 0 Å². The van der Waals surface area contributed by atoms with Crippen molar-refractivity contribution in [3.63, 3.8) is 0 Å². The summed E-state index contributed by atoms with van der Waals surface area (Å²) in [6.07, 6.45) is 2.25. The van der Waals surface area contributed by atoms with Gasteiger partial charge >= 0.3 is 0 Å². The van der Waals surface area contributed by atoms with E-state index in [9.17, 15) is 8.42 Å². The van der Waals surface area contributed by atoms with Crippen molar-refractivity contribution < 1.29 is 13.2 Å². The van der Waals surface area contributed by atoms with Gasteiger partial charge in [0.05, 0.1) is 23.7 Å². The second kappa shape index (κ2) is 7.43. The van der Waals surface area contributed by atoms with Gasteiger partial charge in [0.25, 0.3) is 0 Å². The first-order valence-electron chi connectivity index (χ1n) is 6.71. The molecule has 0 spiro atoms. The van der Waals surface area contributed by atoms with E-state index in [-0.39, 0.29) is 11.0 Å². The minimum atomic E-state index is -2.91. The molecule has 0 radical (unpaired) electrons. The second-order valence-corrected chi connectivity index (χ2v) is 7.79. The van der Waals surface area contributed by atoms with Gasteiger partial charge in [-0.2, -0.15) is 0 Å². The molecule has 18 heavy (non-hydrogen) atoms. The number of ether oxygens (including phenoxy) is 1. The lowest BCUT2D eigenvalue weighted by Crippen LogP contribution is -2.40.